The molecule has 0 bridgehead atoms. The Bertz CT molecular complexity index is 1240. The summed E-state index contributed by atoms with van der Waals surface area (Å²) in [5.41, 5.74) is 2.21. The second kappa shape index (κ2) is 8.71. The molecule has 0 aliphatic carbocycles. The predicted molar refractivity (Wildman–Crippen MR) is 119 cm³/mol. The molecule has 8 heteroatoms. The third-order valence-corrected chi connectivity index (χ3v) is 6.08. The van der Waals surface area contributed by atoms with Crippen LogP contribution in [0, 0.1) is 13.8 Å². The van der Waals surface area contributed by atoms with Gasteiger partial charge in [0.25, 0.3) is 15.9 Å². The zero-order valence-corrected chi connectivity index (χ0v) is 18.0. The van der Waals surface area contributed by atoms with E-state index in [4.69, 9.17) is 0 Å². The Balaban J connectivity index is 1.97. The Hall–Kier alpha value is -3.13. The van der Waals surface area contributed by atoms with E-state index in [0.717, 1.165) is 24.0 Å². The quantitative estimate of drug-likeness (QED) is 0.502. The Labute approximate surface area is 175 Å². The first-order valence-electron chi connectivity index (χ1n) is 9.76. The topological polar surface area (TPSA) is 108 Å². The molecule has 7 nitrogen and oxygen atoms in total. The molecule has 0 saturated carbocycles. The van der Waals surface area contributed by atoms with Crippen LogP contribution in [0.5, 0.6) is 0 Å². The number of carbonyl (C=O) groups excluding carboxylic acids is 1. The van der Waals surface area contributed by atoms with Crippen molar-refractivity contribution in [3.8, 4) is 0 Å². The van der Waals surface area contributed by atoms with E-state index in [0.29, 0.717) is 17.7 Å². The van der Waals surface area contributed by atoms with E-state index >= 15 is 0 Å². The molecule has 0 unspecified atom stereocenters. The molecule has 3 N–H and O–H groups in total. The van der Waals surface area contributed by atoms with Gasteiger partial charge in [-0.05, 0) is 61.7 Å². The number of rotatable bonds is 7. The third-order valence-electron chi connectivity index (χ3n) is 4.70. The normalized spacial score (nSPS) is 11.4. The zero-order chi connectivity index (χ0) is 21.9. The van der Waals surface area contributed by atoms with Crippen LogP contribution in [0.3, 0.4) is 0 Å². The van der Waals surface area contributed by atoms with Crippen molar-refractivity contribution in [3.05, 3.63) is 69.5 Å². The van der Waals surface area contributed by atoms with Gasteiger partial charge in [-0.15, -0.1) is 0 Å². The number of anilines is 1. The Morgan fingerprint density at radius 3 is 2.43 bits per heavy atom. The van der Waals surface area contributed by atoms with Crippen LogP contribution in [-0.2, 0) is 10.0 Å². The average Bonchev–Trinajstić information content (AvgIpc) is 2.67. The van der Waals surface area contributed by atoms with E-state index < -0.39 is 21.4 Å². The molecule has 1 amide bonds. The van der Waals surface area contributed by atoms with Gasteiger partial charge >= 0.3 is 0 Å². The summed E-state index contributed by atoms with van der Waals surface area (Å²) >= 11 is 0. The molecule has 3 aromatic rings. The van der Waals surface area contributed by atoms with Crippen LogP contribution in [0.25, 0.3) is 10.9 Å². The van der Waals surface area contributed by atoms with Gasteiger partial charge in [-0.2, -0.15) is 0 Å². The molecule has 0 fully saturated rings. The molecule has 0 saturated heterocycles. The lowest BCUT2D eigenvalue weighted by atomic mass is 10.1. The molecule has 2 aromatic carbocycles. The molecule has 0 spiro atoms. The number of H-pyrrole nitrogens is 1. The van der Waals surface area contributed by atoms with E-state index in [2.05, 4.69) is 15.0 Å². The summed E-state index contributed by atoms with van der Waals surface area (Å²) in [6.07, 6.45) is 3.08. The second-order valence-corrected chi connectivity index (χ2v) is 9.01. The first kappa shape index (κ1) is 21.6. The van der Waals surface area contributed by atoms with Crippen LogP contribution < -0.4 is 15.5 Å². The number of aromatic nitrogens is 1. The maximum atomic E-state index is 12.9. The van der Waals surface area contributed by atoms with Crippen molar-refractivity contribution in [2.24, 2.45) is 0 Å². The van der Waals surface area contributed by atoms with Gasteiger partial charge in [-0.25, -0.2) is 8.42 Å². The predicted octanol–water partition coefficient (Wildman–Crippen LogP) is 3.48. The fourth-order valence-electron chi connectivity index (χ4n) is 3.26. The second-order valence-electron chi connectivity index (χ2n) is 7.33. The lowest BCUT2D eigenvalue weighted by Crippen LogP contribution is -2.29. The number of aromatic amines is 1. The van der Waals surface area contributed by atoms with Gasteiger partial charge in [0.15, 0.2) is 0 Å². The van der Waals surface area contributed by atoms with E-state index in [-0.39, 0.29) is 15.8 Å². The van der Waals surface area contributed by atoms with Crippen LogP contribution in [0.15, 0.2) is 52.3 Å². The molecule has 0 radical (unpaired) electrons. The number of fused-ring (bicyclic) bond motifs is 1. The van der Waals surface area contributed by atoms with Gasteiger partial charge in [0, 0.05) is 29.3 Å². The number of hydrogen-bond acceptors (Lipinski definition) is 4. The molecule has 1 heterocycles. The van der Waals surface area contributed by atoms with Crippen molar-refractivity contribution < 1.29 is 13.2 Å². The van der Waals surface area contributed by atoms with Crippen molar-refractivity contribution >= 4 is 32.5 Å². The number of benzene rings is 2. The standard InChI is InChI=1S/C22H25N3O4S/c1-4-5-8-23-22(27)19-13-24-20-7-6-17(12-18(20)21(19)26)30(28,29)25-16-10-14(2)9-15(3)11-16/h6-7,9-13,25H,4-5,8H2,1-3H3,(H,23,27)(H,24,26). The first-order chi connectivity index (χ1) is 14.2. The fraction of sp³-hybridized carbons (Fsp3) is 0.273. The number of nitrogens with one attached hydrogen (secondary N) is 3. The number of unbranched alkanes of at least 4 members (excludes halogenated alkanes) is 1. The summed E-state index contributed by atoms with van der Waals surface area (Å²) in [7, 11) is -3.91. The Kier molecular flexibility index (Phi) is 6.26. The molecule has 0 aliphatic rings. The van der Waals surface area contributed by atoms with Crippen LogP contribution in [0.4, 0.5) is 5.69 Å². The molecule has 1 aromatic heterocycles. The summed E-state index contributed by atoms with van der Waals surface area (Å²) in [6.45, 7) is 6.24. The Morgan fingerprint density at radius 1 is 1.07 bits per heavy atom. The van der Waals surface area contributed by atoms with E-state index in [1.165, 1.54) is 24.4 Å². The lowest BCUT2D eigenvalue weighted by molar-refractivity contribution is 0.0952. The molecule has 0 atom stereocenters. The maximum absolute atomic E-state index is 12.9. The third kappa shape index (κ3) is 4.71. The Morgan fingerprint density at radius 2 is 1.77 bits per heavy atom. The molecule has 30 heavy (non-hydrogen) atoms. The smallest absolute Gasteiger partial charge is 0.261 e. The van der Waals surface area contributed by atoms with Crippen molar-refractivity contribution in [3.63, 3.8) is 0 Å². The summed E-state index contributed by atoms with van der Waals surface area (Å²) in [5.74, 6) is -0.478. The minimum atomic E-state index is -3.91. The summed E-state index contributed by atoms with van der Waals surface area (Å²) in [6, 6.07) is 9.65. The van der Waals surface area contributed by atoms with Crippen molar-refractivity contribution in [2.45, 2.75) is 38.5 Å². The number of aryl methyl sites for hydroxylation is 2. The van der Waals surface area contributed by atoms with Gasteiger partial charge in [0.2, 0.25) is 5.43 Å². The van der Waals surface area contributed by atoms with Crippen molar-refractivity contribution in [2.75, 3.05) is 11.3 Å². The average molecular weight is 428 g/mol. The summed E-state index contributed by atoms with van der Waals surface area (Å²) in [4.78, 5) is 28.0. The minimum Gasteiger partial charge on any atom is -0.360 e. The fourth-order valence-corrected chi connectivity index (χ4v) is 4.32. The number of sulfonamides is 1. The van der Waals surface area contributed by atoms with Gasteiger partial charge in [-0.1, -0.05) is 19.4 Å². The minimum absolute atomic E-state index is 0.0459. The van der Waals surface area contributed by atoms with Gasteiger partial charge < -0.3 is 10.3 Å². The van der Waals surface area contributed by atoms with Crippen LogP contribution >= 0.6 is 0 Å². The van der Waals surface area contributed by atoms with Crippen molar-refractivity contribution in [1.82, 2.24) is 10.3 Å². The highest BCUT2D eigenvalue weighted by Crippen LogP contribution is 2.21. The highest BCUT2D eigenvalue weighted by atomic mass is 32.2. The first-order valence-corrected chi connectivity index (χ1v) is 11.2. The van der Waals surface area contributed by atoms with Crippen LogP contribution in [0.1, 0.15) is 41.3 Å². The van der Waals surface area contributed by atoms with Crippen LogP contribution in [-0.4, -0.2) is 25.9 Å². The van der Waals surface area contributed by atoms with Gasteiger partial charge in [0.1, 0.15) is 5.56 Å². The van der Waals surface area contributed by atoms with Gasteiger partial charge in [0.05, 0.1) is 4.90 Å². The largest absolute Gasteiger partial charge is 0.360 e. The molecular weight excluding hydrogens is 402 g/mol. The molecule has 158 valence electrons. The van der Waals surface area contributed by atoms with Crippen molar-refractivity contribution in [1.29, 1.82) is 0 Å². The summed E-state index contributed by atoms with van der Waals surface area (Å²) < 4.78 is 28.3. The highest BCUT2D eigenvalue weighted by molar-refractivity contribution is 7.92. The number of pyridine rings is 1. The zero-order valence-electron chi connectivity index (χ0n) is 17.2. The highest BCUT2D eigenvalue weighted by Gasteiger charge is 2.18. The molecule has 0 aliphatic heterocycles. The lowest BCUT2D eigenvalue weighted by Gasteiger charge is -2.11. The number of carbonyl (C=O) groups is 1. The monoisotopic (exact) mass is 427 g/mol. The van der Waals surface area contributed by atoms with E-state index in [9.17, 15) is 18.0 Å². The number of amides is 1. The molecular formula is C22H25N3O4S. The number of hydrogen-bond donors (Lipinski definition) is 3. The van der Waals surface area contributed by atoms with E-state index in [1.54, 1.807) is 12.1 Å². The van der Waals surface area contributed by atoms with E-state index in [1.807, 2.05) is 26.8 Å². The molecule has 3 rings (SSSR count). The maximum Gasteiger partial charge on any atom is 0.261 e. The SMILES string of the molecule is CCCCNC(=O)c1c[nH]c2ccc(S(=O)(=O)Nc3cc(C)cc(C)c3)cc2c1=O. The van der Waals surface area contributed by atoms with Crippen LogP contribution in [0.2, 0.25) is 0 Å². The summed E-state index contributed by atoms with van der Waals surface area (Å²) in [5, 5.41) is 2.84. The van der Waals surface area contributed by atoms with Gasteiger partial charge in [-0.3, -0.25) is 14.3 Å².